The smallest absolute Gasteiger partial charge is 0.342 e. The van der Waals surface area contributed by atoms with Crippen LogP contribution in [0.5, 0.6) is 0 Å². The predicted octanol–water partition coefficient (Wildman–Crippen LogP) is 5.23. The van der Waals surface area contributed by atoms with Crippen LogP contribution in [0.15, 0.2) is 36.5 Å². The first-order valence-corrected chi connectivity index (χ1v) is 11.7. The first-order chi connectivity index (χ1) is 18.0. The molecule has 2 amide bonds. The van der Waals surface area contributed by atoms with E-state index in [-0.39, 0.29) is 35.4 Å². The highest BCUT2D eigenvalue weighted by molar-refractivity contribution is 5.95. The zero-order valence-corrected chi connectivity index (χ0v) is 21.6. The van der Waals surface area contributed by atoms with E-state index in [1.165, 1.54) is 29.9 Å². The second kappa shape index (κ2) is 11.0. The van der Waals surface area contributed by atoms with Crippen molar-refractivity contribution < 1.29 is 35.9 Å². The molecule has 3 rings (SSSR count). The highest BCUT2D eigenvalue weighted by Gasteiger charge is 2.37. The maximum absolute atomic E-state index is 13.2. The molecule has 2 heterocycles. The molecule has 0 bridgehead atoms. The number of amides is 2. The highest BCUT2D eigenvalue weighted by Crippen LogP contribution is 2.36. The molecule has 1 N–H and O–H groups in total. The SMILES string of the molecule is Cc1nc([C@H](C)NC(=O)c2cc(C(F)(F)F)cc(C(F)(F)F)c2)n(-c2ccc(C(=O)N(C)CC(C)C)cn2)n1. The maximum atomic E-state index is 13.2. The van der Waals surface area contributed by atoms with E-state index in [1.54, 1.807) is 18.9 Å². The van der Waals surface area contributed by atoms with Crippen LogP contribution in [0.4, 0.5) is 26.3 Å². The van der Waals surface area contributed by atoms with Gasteiger partial charge in [0.15, 0.2) is 11.6 Å². The summed E-state index contributed by atoms with van der Waals surface area (Å²) in [7, 11) is 1.67. The summed E-state index contributed by atoms with van der Waals surface area (Å²) >= 11 is 0. The molecule has 0 aliphatic rings. The first-order valence-electron chi connectivity index (χ1n) is 11.7. The van der Waals surface area contributed by atoms with Gasteiger partial charge in [-0.3, -0.25) is 9.59 Å². The van der Waals surface area contributed by atoms with Gasteiger partial charge in [0.05, 0.1) is 22.7 Å². The van der Waals surface area contributed by atoms with E-state index < -0.39 is 41.0 Å². The molecule has 14 heteroatoms. The van der Waals surface area contributed by atoms with E-state index in [2.05, 4.69) is 20.4 Å². The quantitative estimate of drug-likeness (QED) is 0.403. The molecule has 210 valence electrons. The van der Waals surface area contributed by atoms with Gasteiger partial charge in [-0.2, -0.15) is 31.0 Å². The van der Waals surface area contributed by atoms with Gasteiger partial charge in [0.1, 0.15) is 5.82 Å². The molecular weight excluding hydrogens is 530 g/mol. The number of aryl methyl sites for hydroxylation is 1. The Morgan fingerprint density at radius 2 is 1.56 bits per heavy atom. The van der Waals surface area contributed by atoms with Gasteiger partial charge in [0, 0.05) is 25.4 Å². The fourth-order valence-corrected chi connectivity index (χ4v) is 3.80. The summed E-state index contributed by atoms with van der Waals surface area (Å²) in [6, 6.07) is 2.68. The number of benzene rings is 1. The normalized spacial score (nSPS) is 12.9. The molecule has 0 spiro atoms. The van der Waals surface area contributed by atoms with Gasteiger partial charge in [-0.15, -0.1) is 5.10 Å². The van der Waals surface area contributed by atoms with Crippen LogP contribution in [-0.2, 0) is 12.4 Å². The second-order valence-corrected chi connectivity index (χ2v) is 9.40. The highest BCUT2D eigenvalue weighted by atomic mass is 19.4. The molecule has 0 fully saturated rings. The standard InChI is InChI=1S/C25H26F6N6O2/c1-13(2)12-36(5)23(39)16-6-7-20(32-11-16)37-21(34-15(4)35-37)14(3)33-22(38)17-8-18(24(26,27)28)10-19(9-17)25(29,30)31/h6-11,13-14H,12H2,1-5H3,(H,33,38)/t14-/m0/s1. The zero-order chi connectivity index (χ0) is 29.3. The minimum absolute atomic E-state index is 0.0547. The first kappa shape index (κ1) is 29.6. The molecule has 0 saturated heterocycles. The number of aromatic nitrogens is 4. The predicted molar refractivity (Wildman–Crippen MR) is 128 cm³/mol. The number of nitrogens with one attached hydrogen (secondary N) is 1. The molecule has 0 saturated carbocycles. The third-order valence-corrected chi connectivity index (χ3v) is 5.52. The minimum atomic E-state index is -5.10. The van der Waals surface area contributed by atoms with Crippen molar-refractivity contribution in [2.24, 2.45) is 5.92 Å². The molecule has 0 unspecified atom stereocenters. The van der Waals surface area contributed by atoms with Crippen molar-refractivity contribution in [3.8, 4) is 5.82 Å². The number of hydrogen-bond acceptors (Lipinski definition) is 5. The van der Waals surface area contributed by atoms with Crippen molar-refractivity contribution in [2.75, 3.05) is 13.6 Å². The van der Waals surface area contributed by atoms with Gasteiger partial charge in [0.2, 0.25) is 0 Å². The molecule has 0 radical (unpaired) electrons. The van der Waals surface area contributed by atoms with Gasteiger partial charge >= 0.3 is 12.4 Å². The monoisotopic (exact) mass is 556 g/mol. The molecule has 1 atom stereocenters. The van der Waals surface area contributed by atoms with Crippen molar-refractivity contribution in [1.29, 1.82) is 0 Å². The second-order valence-electron chi connectivity index (χ2n) is 9.40. The maximum Gasteiger partial charge on any atom is 0.416 e. The van der Waals surface area contributed by atoms with Gasteiger partial charge in [-0.1, -0.05) is 13.8 Å². The van der Waals surface area contributed by atoms with E-state index in [9.17, 15) is 35.9 Å². The fourth-order valence-electron chi connectivity index (χ4n) is 3.80. The van der Waals surface area contributed by atoms with Crippen LogP contribution in [0.1, 0.15) is 70.3 Å². The van der Waals surface area contributed by atoms with Gasteiger partial charge < -0.3 is 10.2 Å². The van der Waals surface area contributed by atoms with Crippen LogP contribution in [0, 0.1) is 12.8 Å². The van der Waals surface area contributed by atoms with Crippen molar-refractivity contribution in [1.82, 2.24) is 30.0 Å². The van der Waals surface area contributed by atoms with Crippen molar-refractivity contribution >= 4 is 11.8 Å². The number of pyridine rings is 1. The van der Waals surface area contributed by atoms with Crippen LogP contribution in [0.3, 0.4) is 0 Å². The summed E-state index contributed by atoms with van der Waals surface area (Å²) in [5.41, 5.74) is -3.70. The van der Waals surface area contributed by atoms with Crippen LogP contribution < -0.4 is 5.32 Å². The van der Waals surface area contributed by atoms with E-state index in [0.717, 1.165) is 0 Å². The summed E-state index contributed by atoms with van der Waals surface area (Å²) < 4.78 is 80.4. The topological polar surface area (TPSA) is 93.0 Å². The Morgan fingerprint density at radius 1 is 0.974 bits per heavy atom. The lowest BCUT2D eigenvalue weighted by molar-refractivity contribution is -0.143. The summed E-state index contributed by atoms with van der Waals surface area (Å²) in [4.78, 5) is 35.4. The molecule has 8 nitrogen and oxygen atoms in total. The Hall–Kier alpha value is -3.97. The van der Waals surface area contributed by atoms with Crippen LogP contribution in [0.2, 0.25) is 0 Å². The molecule has 0 aliphatic heterocycles. The zero-order valence-electron chi connectivity index (χ0n) is 21.6. The third kappa shape index (κ3) is 7.12. The summed E-state index contributed by atoms with van der Waals surface area (Å²) in [6.45, 7) is 7.48. The number of alkyl halides is 6. The lowest BCUT2D eigenvalue weighted by Crippen LogP contribution is -2.30. The van der Waals surface area contributed by atoms with E-state index >= 15 is 0 Å². The fraction of sp³-hybridized carbons (Fsp3) is 0.400. The number of hydrogen-bond donors (Lipinski definition) is 1. The average Bonchev–Trinajstić information content (AvgIpc) is 3.23. The molecular formula is C25H26F6N6O2. The van der Waals surface area contributed by atoms with Crippen molar-refractivity contribution in [3.63, 3.8) is 0 Å². The molecule has 0 aliphatic carbocycles. The lowest BCUT2D eigenvalue weighted by atomic mass is 10.0. The Morgan fingerprint density at radius 3 is 2.05 bits per heavy atom. The van der Waals surface area contributed by atoms with Crippen molar-refractivity contribution in [3.05, 3.63) is 70.4 Å². The Bertz CT molecular complexity index is 1320. The number of carbonyl (C=O) groups excluding carboxylic acids is 2. The minimum Gasteiger partial charge on any atom is -0.342 e. The largest absolute Gasteiger partial charge is 0.416 e. The lowest BCUT2D eigenvalue weighted by Gasteiger charge is -2.19. The molecule has 2 aromatic heterocycles. The van der Waals surface area contributed by atoms with Crippen molar-refractivity contribution in [2.45, 2.75) is 46.1 Å². The van der Waals surface area contributed by atoms with Crippen LogP contribution >= 0.6 is 0 Å². The van der Waals surface area contributed by atoms with Crippen LogP contribution in [0.25, 0.3) is 5.82 Å². The number of nitrogens with zero attached hydrogens (tertiary/aromatic N) is 5. The average molecular weight is 557 g/mol. The third-order valence-electron chi connectivity index (χ3n) is 5.52. The van der Waals surface area contributed by atoms with E-state index in [4.69, 9.17) is 0 Å². The van der Waals surface area contributed by atoms with E-state index in [0.29, 0.717) is 24.2 Å². The van der Waals surface area contributed by atoms with Gasteiger partial charge in [0.25, 0.3) is 11.8 Å². The van der Waals surface area contributed by atoms with Crippen LogP contribution in [-0.4, -0.2) is 50.1 Å². The molecule has 3 aromatic rings. The summed E-state index contributed by atoms with van der Waals surface area (Å²) in [5.74, 6) is -0.533. The van der Waals surface area contributed by atoms with E-state index in [1.807, 2.05) is 13.8 Å². The molecule has 1 aromatic carbocycles. The summed E-state index contributed by atoms with van der Waals surface area (Å²) in [6.07, 6.45) is -8.84. The Balaban J connectivity index is 1.87. The Kier molecular flexibility index (Phi) is 8.36. The van der Waals surface area contributed by atoms with Gasteiger partial charge in [-0.25, -0.2) is 9.97 Å². The summed E-state index contributed by atoms with van der Waals surface area (Å²) in [5, 5.41) is 6.59. The molecule has 39 heavy (non-hydrogen) atoms. The number of carbonyl (C=O) groups is 2. The number of rotatable bonds is 7. The Labute approximate surface area is 220 Å². The van der Waals surface area contributed by atoms with Gasteiger partial charge in [-0.05, 0) is 50.1 Å². The number of halogens is 6.